The molecule has 0 aliphatic heterocycles. The third-order valence-corrected chi connectivity index (χ3v) is 18.7. The van der Waals surface area contributed by atoms with Gasteiger partial charge in [-0.3, -0.25) is 29.3 Å². The molecule has 11 aromatic heterocycles. The van der Waals surface area contributed by atoms with E-state index in [0.29, 0.717) is 123 Å². The summed E-state index contributed by atoms with van der Waals surface area (Å²) in [5.41, 5.74) is 2.18. The van der Waals surface area contributed by atoms with E-state index in [0.717, 1.165) is 96.7 Å². The topological polar surface area (TPSA) is 544 Å². The van der Waals surface area contributed by atoms with E-state index in [-0.39, 0.29) is 74.1 Å². The van der Waals surface area contributed by atoms with E-state index in [4.69, 9.17) is 61.5 Å². The molecular formula is C87H126Cl2N28O17. The summed E-state index contributed by atoms with van der Waals surface area (Å²) in [6.07, 6.45) is 20.7. The van der Waals surface area contributed by atoms with Crippen molar-refractivity contribution in [1.82, 2.24) is 97.6 Å². The Morgan fingerprint density at radius 2 is 0.866 bits per heavy atom. The minimum absolute atomic E-state index is 0.0487. The minimum Gasteiger partial charge on any atom is -0.480 e. The van der Waals surface area contributed by atoms with Crippen LogP contribution in [0.2, 0.25) is 10.3 Å². The summed E-state index contributed by atoms with van der Waals surface area (Å²) in [6, 6.07) is 3.64. The number of carbonyl (C=O) groups is 8. The van der Waals surface area contributed by atoms with Crippen LogP contribution in [0, 0.1) is 5.92 Å². The first-order valence-corrected chi connectivity index (χ1v) is 45.1. The summed E-state index contributed by atoms with van der Waals surface area (Å²) >= 11 is 12.3. The Morgan fingerprint density at radius 3 is 1.28 bits per heavy atom. The molecule has 730 valence electrons. The highest BCUT2D eigenvalue weighted by Gasteiger charge is 2.31. The number of imidazole rings is 5. The first kappa shape index (κ1) is 108. The molecule has 0 aliphatic rings. The molecule has 11 aromatic rings. The molecule has 0 atom stereocenters. The molecule has 0 fully saturated rings. The van der Waals surface area contributed by atoms with Gasteiger partial charge in [0.25, 0.3) is 0 Å². The van der Waals surface area contributed by atoms with Gasteiger partial charge >= 0.3 is 48.1 Å². The Hall–Kier alpha value is -13.5. The number of carboxylic acid groups (broad SMARTS) is 3. The molecule has 0 aromatic carbocycles. The first-order chi connectivity index (χ1) is 63.6. The maximum absolute atomic E-state index is 13.1. The summed E-state index contributed by atoms with van der Waals surface area (Å²) in [5.74, 6) is 0.215. The Labute approximate surface area is 786 Å². The van der Waals surface area contributed by atoms with Crippen molar-refractivity contribution in [1.29, 1.82) is 0 Å². The quantitative estimate of drug-likeness (QED) is 0.00579. The molecule has 0 radical (unpaired) electrons. The molecule has 0 unspecified atom stereocenters. The molecule has 0 saturated heterocycles. The number of aliphatic carboxylic acids is 3. The van der Waals surface area contributed by atoms with Gasteiger partial charge in [0.2, 0.25) is 29.7 Å². The van der Waals surface area contributed by atoms with E-state index >= 15 is 0 Å². The van der Waals surface area contributed by atoms with Crippen LogP contribution in [-0.2, 0) is 86.9 Å². The number of halogens is 2. The largest absolute Gasteiger partial charge is 0.480 e. The lowest BCUT2D eigenvalue weighted by Gasteiger charge is -2.27. The Kier molecular flexibility index (Phi) is 41.8. The average Bonchev–Trinajstić information content (AvgIpc) is 1.54. The number of esters is 2. The van der Waals surface area contributed by atoms with E-state index < -0.39 is 64.9 Å². The number of carbonyl (C=O) groups excluding carboxylic acids is 5. The maximum atomic E-state index is 13.1. The summed E-state index contributed by atoms with van der Waals surface area (Å²) in [6.45, 7) is 39.4. The summed E-state index contributed by atoms with van der Waals surface area (Å²) < 4.78 is 39.0. The van der Waals surface area contributed by atoms with E-state index in [9.17, 15) is 43.5 Å². The van der Waals surface area contributed by atoms with Crippen molar-refractivity contribution in [3.8, 4) is 0 Å². The van der Waals surface area contributed by atoms with Gasteiger partial charge in [-0.05, 0) is 120 Å². The monoisotopic (exact) mass is 1900 g/mol. The van der Waals surface area contributed by atoms with Crippen LogP contribution in [0.5, 0.6) is 0 Å². The number of furan rings is 1. The molecule has 11 rings (SSSR count). The van der Waals surface area contributed by atoms with E-state index in [1.807, 2.05) is 18.0 Å². The standard InChI is InChI=1S/C23H32N6O5.C19H28ClN5O4.C16H26N6O2.C15H22N6O2.C14H18ClN5O4/c1-6-7-8-11-29(22(32)34-23(2,3)4)21-25-19(27(5)13-16-10-9-12-33-16)18-20(26-21)28(15-24-18)14-17(30)31;1-6-8-9-10-25(18(27)29-19(3,4)5)17-22-15(20)14-16(23-17)24(12-21-14)11-13(26)28-7-2;1-4-5-6-7-17-16-20-14(18-8-11(2)3)13-15(21-16)22(10-19-13)9-12(23)24;1-3-5-6-8-17-15-19-13(16-7-4-2)12-14(20-15)21(10-18-12)9-11(22)23;1-5-23-8(21)6-20-7-16-9-10(15)17-12(18-11(9)20)19-13(22)24-14(2,3)4/h9-10,12,15H,6-8,11,13-14H2,1-5H3,(H,30,31);12H,6-11H2,1-5H3;10-11H,4-9H2,1-3H3,(H,23,24)(H2,17,18,20,21);4,10H,2-3,5-9H2,1H3,(H,22,23)(H2,16,17,19,20);7H,5-6H2,1-4H3,(H,17,18,19,22). The number of rotatable bonds is 42. The van der Waals surface area contributed by atoms with E-state index in [1.54, 1.807) is 94.6 Å². The average molecular weight is 1910 g/mol. The fourth-order valence-corrected chi connectivity index (χ4v) is 12.7. The van der Waals surface area contributed by atoms with Crippen molar-refractivity contribution >= 4 is 174 Å². The number of amides is 3. The molecule has 0 bridgehead atoms. The lowest BCUT2D eigenvalue weighted by atomic mass is 10.2. The normalized spacial score (nSPS) is 11.3. The highest BCUT2D eigenvalue weighted by atomic mass is 35.5. The Morgan fingerprint density at radius 1 is 0.478 bits per heavy atom. The van der Waals surface area contributed by atoms with Crippen LogP contribution < -0.4 is 41.3 Å². The minimum atomic E-state index is -1.03. The van der Waals surface area contributed by atoms with Crippen LogP contribution >= 0.6 is 23.2 Å². The lowest BCUT2D eigenvalue weighted by Crippen LogP contribution is -2.39. The van der Waals surface area contributed by atoms with Crippen molar-refractivity contribution in [2.24, 2.45) is 5.92 Å². The zero-order valence-corrected chi connectivity index (χ0v) is 81.0. The number of aromatic nitrogens is 20. The number of hydrogen-bond donors (Lipinski definition) is 8. The third kappa shape index (κ3) is 34.3. The molecule has 0 saturated carbocycles. The summed E-state index contributed by atoms with van der Waals surface area (Å²) in [7, 11) is 1.82. The number of nitrogens with one attached hydrogen (secondary N) is 5. The highest BCUT2D eigenvalue weighted by Crippen LogP contribution is 2.31. The van der Waals surface area contributed by atoms with Gasteiger partial charge in [-0.15, -0.1) is 6.58 Å². The Balaban J connectivity index is 0.000000230. The second-order valence-electron chi connectivity index (χ2n) is 33.8. The number of hydrogen-bond acceptors (Lipinski definition) is 34. The van der Waals surface area contributed by atoms with Crippen molar-refractivity contribution in [3.63, 3.8) is 0 Å². The second-order valence-corrected chi connectivity index (χ2v) is 34.5. The summed E-state index contributed by atoms with van der Waals surface area (Å²) in [4.78, 5) is 164. The highest BCUT2D eigenvalue weighted by molar-refractivity contribution is 6.34. The molecule has 3 amide bonds. The number of nitrogens with zero attached hydrogens (tertiary/aromatic N) is 23. The SMILES string of the molecule is C=CCNc1nc(NCCCCC)nc2c1ncn2CC(=O)O.CCCCCN(C(=O)OC(C)(C)C)c1nc(Cl)c2ncn(CC(=O)OCC)c2n1.CCCCCN(C(=O)OC(C)(C)C)c1nc(N(C)Cc2ccco2)c2ncn(CC(=O)O)c2n1.CCCCCNc1nc(NCC(C)C)c2ncn(CC(=O)O)c2n1.CCOC(=O)Cn1cnc2c(Cl)nc(NC(=O)OC(C)(C)C)nc21. The molecular weight excluding hydrogens is 1780 g/mol. The number of unbranched alkanes of at least 4 members (excludes halogenated alkanes) is 8. The van der Waals surface area contributed by atoms with Crippen molar-refractivity contribution in [3.05, 3.63) is 78.8 Å². The van der Waals surface area contributed by atoms with Gasteiger partial charge in [-0.1, -0.05) is 122 Å². The van der Waals surface area contributed by atoms with Crippen LogP contribution in [0.15, 0.2) is 67.1 Å². The molecule has 11 heterocycles. The predicted molar refractivity (Wildman–Crippen MR) is 508 cm³/mol. The number of fused-ring (bicyclic) bond motifs is 5. The molecule has 8 N–H and O–H groups in total. The number of ether oxygens (including phenoxy) is 5. The number of carboxylic acids is 3. The van der Waals surface area contributed by atoms with Crippen LogP contribution in [0.4, 0.5) is 61.6 Å². The van der Waals surface area contributed by atoms with Crippen molar-refractivity contribution in [2.45, 2.75) is 251 Å². The second kappa shape index (κ2) is 52.1. The fourth-order valence-electron chi connectivity index (χ4n) is 12.2. The zero-order valence-electron chi connectivity index (χ0n) is 79.5. The first-order valence-electron chi connectivity index (χ1n) is 44.3. The predicted octanol–water partition coefficient (Wildman–Crippen LogP) is 15.1. The van der Waals surface area contributed by atoms with Gasteiger partial charge in [0.1, 0.15) is 66.3 Å². The summed E-state index contributed by atoms with van der Waals surface area (Å²) in [5, 5.41) is 42.7. The smallest absolute Gasteiger partial charge is 0.417 e. The maximum Gasteiger partial charge on any atom is 0.417 e. The van der Waals surface area contributed by atoms with Gasteiger partial charge in [0.05, 0.1) is 57.7 Å². The molecule has 0 spiro atoms. The van der Waals surface area contributed by atoms with Gasteiger partial charge < -0.3 is 92.4 Å². The lowest BCUT2D eigenvalue weighted by molar-refractivity contribution is -0.144. The Bertz CT molecular complexity index is 5700. The zero-order chi connectivity index (χ0) is 98.6. The van der Waals surface area contributed by atoms with E-state index in [1.165, 1.54) is 64.3 Å². The van der Waals surface area contributed by atoms with Crippen molar-refractivity contribution < 1.29 is 81.8 Å². The molecule has 45 nitrogen and oxygen atoms in total. The van der Waals surface area contributed by atoms with Crippen LogP contribution in [-0.4, -0.2) is 237 Å². The van der Waals surface area contributed by atoms with Gasteiger partial charge in [-0.2, -0.15) is 49.8 Å². The van der Waals surface area contributed by atoms with Crippen molar-refractivity contribution in [2.75, 3.05) is 101 Å². The molecule has 134 heavy (non-hydrogen) atoms. The molecule has 0 aliphatic carbocycles. The van der Waals surface area contributed by atoms with Gasteiger partial charge in [0, 0.05) is 46.3 Å². The number of anilines is 8. The van der Waals surface area contributed by atoms with E-state index in [2.05, 4.69) is 149 Å². The fraction of sp³-hybridized carbons (Fsp3) is 0.552. The van der Waals surface area contributed by atoms with Gasteiger partial charge in [0.15, 0.2) is 72.5 Å². The molecule has 47 heteroatoms. The van der Waals surface area contributed by atoms with Crippen LogP contribution in [0.3, 0.4) is 0 Å². The van der Waals surface area contributed by atoms with Crippen LogP contribution in [0.25, 0.3) is 55.8 Å². The van der Waals surface area contributed by atoms with Gasteiger partial charge in [-0.25, -0.2) is 49.1 Å². The third-order valence-electron chi connectivity index (χ3n) is 18.2. The van der Waals surface area contributed by atoms with Crippen LogP contribution in [0.1, 0.15) is 201 Å².